The zero-order chi connectivity index (χ0) is 26.6. The number of hydrogen-bond donors (Lipinski definition) is 2. The molecular weight excluding hydrogens is 488 g/mol. The number of fused-ring (bicyclic) bond motifs is 1. The van der Waals surface area contributed by atoms with Gasteiger partial charge < -0.3 is 15.0 Å². The molecule has 3 atom stereocenters. The lowest BCUT2D eigenvalue weighted by atomic mass is 9.52. The molecule has 4 aliphatic rings. The summed E-state index contributed by atoms with van der Waals surface area (Å²) in [6, 6.07) is 17.5. The van der Waals surface area contributed by atoms with Gasteiger partial charge in [0.2, 0.25) is 11.5 Å². The molecule has 3 unspecified atom stereocenters. The van der Waals surface area contributed by atoms with Gasteiger partial charge >= 0.3 is 0 Å². The van der Waals surface area contributed by atoms with Gasteiger partial charge in [0.25, 0.3) is 0 Å². The van der Waals surface area contributed by atoms with Crippen LogP contribution < -0.4 is 5.56 Å². The Kier molecular flexibility index (Phi) is 5.97. The van der Waals surface area contributed by atoms with Crippen LogP contribution in [-0.4, -0.2) is 68.6 Å². The second-order valence-electron chi connectivity index (χ2n) is 12.1. The Labute approximate surface area is 228 Å². The van der Waals surface area contributed by atoms with E-state index >= 15 is 0 Å². The Bertz CT molecular complexity index is 1450. The van der Waals surface area contributed by atoms with Crippen LogP contribution in [0, 0.1) is 5.92 Å². The van der Waals surface area contributed by atoms with E-state index in [1.807, 2.05) is 29.2 Å². The minimum absolute atomic E-state index is 0.0487. The number of piperidine rings is 1. The first-order chi connectivity index (χ1) is 18.9. The number of H-pyrrole nitrogens is 1. The lowest BCUT2D eigenvalue weighted by Gasteiger charge is -2.61. The van der Waals surface area contributed by atoms with Gasteiger partial charge in [0, 0.05) is 54.7 Å². The first kappa shape index (κ1) is 24.7. The second-order valence-corrected chi connectivity index (χ2v) is 12.1. The standard InChI is InChI=1S/C32H36N4O3/c37-29-6-3-5-27(34-29)24-10-9-23-19-28-32(39)13-17-35(30(38)20-25-4-1-2-14-33-25)15-11-31(32,26(23)18-24)12-16-36(28)21-22-7-8-22/h1-6,9-10,14,18,22,28,39H,7-8,11-13,15-17,19-21H2,(H,34,37). The number of carbonyl (C=O) groups excluding carboxylic acids is 1. The van der Waals surface area contributed by atoms with Crippen LogP contribution in [0.25, 0.3) is 11.3 Å². The summed E-state index contributed by atoms with van der Waals surface area (Å²) in [6.07, 6.45) is 7.57. The number of nitrogens with one attached hydrogen (secondary N) is 1. The molecule has 0 spiro atoms. The Morgan fingerprint density at radius 3 is 2.67 bits per heavy atom. The smallest absolute Gasteiger partial charge is 0.248 e. The van der Waals surface area contributed by atoms with Gasteiger partial charge in [-0.1, -0.05) is 24.3 Å². The SMILES string of the molecule is O=C(Cc1ccccn1)N1CCC23CCN(CC4CC4)C(Cc4ccc(-c5cccc(=O)[nH]5)cc42)C3(O)CC1. The molecule has 2 N–H and O–H groups in total. The number of aromatic nitrogens is 2. The van der Waals surface area contributed by atoms with E-state index in [1.54, 1.807) is 12.3 Å². The molecule has 3 fully saturated rings. The summed E-state index contributed by atoms with van der Waals surface area (Å²) >= 11 is 0. The van der Waals surface area contributed by atoms with Gasteiger partial charge in [-0.25, -0.2) is 0 Å². The molecule has 1 saturated carbocycles. The fourth-order valence-corrected chi connectivity index (χ4v) is 7.68. The molecule has 39 heavy (non-hydrogen) atoms. The third kappa shape index (κ3) is 4.23. The molecule has 2 bridgehead atoms. The van der Waals surface area contributed by atoms with Crippen LogP contribution in [-0.2, 0) is 23.1 Å². The van der Waals surface area contributed by atoms with Gasteiger partial charge in [-0.2, -0.15) is 0 Å². The highest BCUT2D eigenvalue weighted by atomic mass is 16.3. The summed E-state index contributed by atoms with van der Waals surface area (Å²) in [7, 11) is 0. The Balaban J connectivity index is 1.27. The molecule has 4 heterocycles. The fourth-order valence-electron chi connectivity index (χ4n) is 7.68. The number of amides is 1. The maximum atomic E-state index is 13.4. The predicted molar refractivity (Wildman–Crippen MR) is 149 cm³/mol. The van der Waals surface area contributed by atoms with E-state index in [2.05, 4.69) is 33.1 Å². The van der Waals surface area contributed by atoms with Crippen molar-refractivity contribution in [3.63, 3.8) is 0 Å². The van der Waals surface area contributed by atoms with Gasteiger partial charge in [-0.3, -0.25) is 19.5 Å². The molecule has 7 nitrogen and oxygen atoms in total. The number of carbonyl (C=O) groups is 1. The van der Waals surface area contributed by atoms with Crippen molar-refractivity contribution in [2.75, 3.05) is 26.2 Å². The Hall–Kier alpha value is -3.29. The maximum absolute atomic E-state index is 13.4. The topological polar surface area (TPSA) is 89.5 Å². The lowest BCUT2D eigenvalue weighted by Crippen LogP contribution is -2.71. The van der Waals surface area contributed by atoms with Crippen LogP contribution in [0.5, 0.6) is 0 Å². The van der Waals surface area contributed by atoms with Gasteiger partial charge in [0.1, 0.15) is 0 Å². The van der Waals surface area contributed by atoms with Crippen LogP contribution in [0.2, 0.25) is 0 Å². The third-order valence-corrected chi connectivity index (χ3v) is 9.94. The first-order valence-electron chi connectivity index (χ1n) is 14.4. The third-order valence-electron chi connectivity index (χ3n) is 9.94. The second kappa shape index (κ2) is 9.42. The summed E-state index contributed by atoms with van der Waals surface area (Å²) < 4.78 is 0. The number of aliphatic hydroxyl groups is 1. The molecule has 2 aliphatic heterocycles. The van der Waals surface area contributed by atoms with Crippen molar-refractivity contribution < 1.29 is 9.90 Å². The van der Waals surface area contributed by atoms with E-state index in [1.165, 1.54) is 30.0 Å². The molecule has 2 aromatic heterocycles. The molecular formula is C32H36N4O3. The lowest BCUT2D eigenvalue weighted by molar-refractivity contribution is -0.149. The van der Waals surface area contributed by atoms with Crippen molar-refractivity contribution in [3.05, 3.63) is 88.0 Å². The van der Waals surface area contributed by atoms with E-state index < -0.39 is 11.0 Å². The van der Waals surface area contributed by atoms with Crippen molar-refractivity contribution in [1.29, 1.82) is 0 Å². The largest absolute Gasteiger partial charge is 0.387 e. The molecule has 2 aliphatic carbocycles. The first-order valence-corrected chi connectivity index (χ1v) is 14.4. The van der Waals surface area contributed by atoms with Crippen LogP contribution in [0.1, 0.15) is 48.9 Å². The number of likely N-dealkylation sites (tertiary alicyclic amines) is 2. The van der Waals surface area contributed by atoms with Crippen LogP contribution >= 0.6 is 0 Å². The van der Waals surface area contributed by atoms with Crippen LogP contribution in [0.3, 0.4) is 0 Å². The van der Waals surface area contributed by atoms with Crippen LogP contribution in [0.4, 0.5) is 0 Å². The number of aromatic amines is 1. The van der Waals surface area contributed by atoms with Crippen molar-refractivity contribution in [1.82, 2.24) is 19.8 Å². The maximum Gasteiger partial charge on any atom is 0.248 e. The van der Waals surface area contributed by atoms with E-state index in [4.69, 9.17) is 0 Å². The fraction of sp³-hybridized carbons (Fsp3) is 0.469. The number of rotatable bonds is 5. The van der Waals surface area contributed by atoms with Crippen LogP contribution in [0.15, 0.2) is 65.6 Å². The molecule has 7 heteroatoms. The highest BCUT2D eigenvalue weighted by molar-refractivity contribution is 5.78. The molecule has 7 rings (SSSR count). The minimum atomic E-state index is -0.921. The van der Waals surface area contributed by atoms with Crippen molar-refractivity contribution in [2.45, 2.75) is 62.0 Å². The molecule has 0 radical (unpaired) electrons. The van der Waals surface area contributed by atoms with Crippen molar-refractivity contribution in [3.8, 4) is 11.3 Å². The summed E-state index contributed by atoms with van der Waals surface area (Å²) in [5.74, 6) is 0.828. The number of hydrogen-bond acceptors (Lipinski definition) is 5. The van der Waals surface area contributed by atoms with Gasteiger partial charge in [0.05, 0.1) is 12.0 Å². The summed E-state index contributed by atoms with van der Waals surface area (Å²) in [4.78, 5) is 37.3. The molecule has 1 aromatic carbocycles. The number of nitrogens with zero attached hydrogens (tertiary/aromatic N) is 3. The number of pyridine rings is 2. The summed E-state index contributed by atoms with van der Waals surface area (Å²) in [6.45, 7) is 3.20. The zero-order valence-corrected chi connectivity index (χ0v) is 22.3. The van der Waals surface area contributed by atoms with Gasteiger partial charge in [-0.05, 0) is 91.9 Å². The molecule has 1 amide bonds. The highest BCUT2D eigenvalue weighted by Gasteiger charge is 2.63. The monoisotopic (exact) mass is 524 g/mol. The van der Waals surface area contributed by atoms with E-state index in [0.717, 1.165) is 55.2 Å². The summed E-state index contributed by atoms with van der Waals surface area (Å²) in [5.41, 5.74) is 3.56. The van der Waals surface area contributed by atoms with E-state index in [9.17, 15) is 14.7 Å². The zero-order valence-electron chi connectivity index (χ0n) is 22.3. The average Bonchev–Trinajstić information content (AvgIpc) is 3.77. The van der Waals surface area contributed by atoms with E-state index in [-0.39, 0.29) is 23.9 Å². The highest BCUT2D eigenvalue weighted by Crippen LogP contribution is 2.56. The van der Waals surface area contributed by atoms with E-state index in [0.29, 0.717) is 19.5 Å². The number of benzene rings is 1. The average molecular weight is 525 g/mol. The quantitative estimate of drug-likeness (QED) is 0.535. The Morgan fingerprint density at radius 1 is 1.03 bits per heavy atom. The summed E-state index contributed by atoms with van der Waals surface area (Å²) in [5, 5.41) is 12.8. The predicted octanol–water partition coefficient (Wildman–Crippen LogP) is 3.31. The van der Waals surface area contributed by atoms with Crippen molar-refractivity contribution in [2.24, 2.45) is 5.92 Å². The van der Waals surface area contributed by atoms with Crippen molar-refractivity contribution >= 4 is 5.91 Å². The molecule has 2 saturated heterocycles. The molecule has 3 aromatic rings. The minimum Gasteiger partial charge on any atom is -0.387 e. The molecule has 202 valence electrons. The van der Waals surface area contributed by atoms with Gasteiger partial charge in [-0.15, -0.1) is 0 Å². The van der Waals surface area contributed by atoms with Gasteiger partial charge in [0.15, 0.2) is 0 Å². The normalized spacial score (nSPS) is 28.3. The Morgan fingerprint density at radius 2 is 1.87 bits per heavy atom.